The summed E-state index contributed by atoms with van der Waals surface area (Å²) in [5, 5.41) is 11.6. The first-order valence-corrected chi connectivity index (χ1v) is 8.39. The molecule has 0 aliphatic heterocycles. The van der Waals surface area contributed by atoms with Crippen LogP contribution in [-0.4, -0.2) is 25.8 Å². The average molecular weight is 549 g/mol. The van der Waals surface area contributed by atoms with Crippen LogP contribution < -0.4 is 0 Å². The molecule has 4 rings (SSSR count). The normalized spacial score (nSPS) is 10.7. The van der Waals surface area contributed by atoms with Crippen LogP contribution >= 0.6 is 0 Å². The van der Waals surface area contributed by atoms with E-state index in [0.717, 1.165) is 27.2 Å². The van der Waals surface area contributed by atoms with Crippen LogP contribution in [0.3, 0.4) is 0 Å². The monoisotopic (exact) mass is 549 g/mol. The molecule has 1 radical (unpaired) electrons. The molecule has 0 amide bonds. The van der Waals surface area contributed by atoms with Crippen molar-refractivity contribution in [3.63, 3.8) is 0 Å². The Hall–Kier alpha value is -2.95. The third kappa shape index (κ3) is 5.28. The fourth-order valence-electron chi connectivity index (χ4n) is 2.64. The molecular formula is C22H18IrN3O2-. The van der Waals surface area contributed by atoms with Crippen LogP contribution in [0.1, 0.15) is 13.8 Å². The Morgan fingerprint density at radius 3 is 2.54 bits per heavy atom. The minimum Gasteiger partial charge on any atom is -0.512 e. The number of aliphatic hydroxyl groups excluding tert-OH is 1. The number of nitrogens with zero attached hydrogens (tertiary/aromatic N) is 3. The average Bonchev–Trinajstić information content (AvgIpc) is 2.67. The van der Waals surface area contributed by atoms with E-state index < -0.39 is 0 Å². The number of benzene rings is 2. The van der Waals surface area contributed by atoms with E-state index >= 15 is 0 Å². The van der Waals surface area contributed by atoms with E-state index in [1.165, 1.54) is 19.9 Å². The van der Waals surface area contributed by atoms with Crippen molar-refractivity contribution in [3.05, 3.63) is 79.0 Å². The second-order valence-corrected chi connectivity index (χ2v) is 5.96. The summed E-state index contributed by atoms with van der Waals surface area (Å²) in [6.45, 7) is 2.85. The van der Waals surface area contributed by atoms with Gasteiger partial charge in [0.15, 0.2) is 5.78 Å². The van der Waals surface area contributed by atoms with E-state index in [0.29, 0.717) is 5.82 Å². The van der Waals surface area contributed by atoms with Crippen LogP contribution in [0.4, 0.5) is 0 Å². The summed E-state index contributed by atoms with van der Waals surface area (Å²) < 4.78 is 0. The number of hydrogen-bond acceptors (Lipinski definition) is 5. The number of carbonyl (C=O) groups is 1. The van der Waals surface area contributed by atoms with Gasteiger partial charge in [-0.15, -0.1) is 35.9 Å². The van der Waals surface area contributed by atoms with Crippen LogP contribution in [0.25, 0.3) is 33.1 Å². The van der Waals surface area contributed by atoms with Gasteiger partial charge in [0, 0.05) is 55.5 Å². The van der Waals surface area contributed by atoms with Crippen molar-refractivity contribution in [2.45, 2.75) is 13.8 Å². The Morgan fingerprint density at radius 1 is 1.07 bits per heavy atom. The molecule has 143 valence electrons. The largest absolute Gasteiger partial charge is 0.512 e. The molecule has 0 spiro atoms. The summed E-state index contributed by atoms with van der Waals surface area (Å²) in [5.41, 5.74) is 1.84. The van der Waals surface area contributed by atoms with E-state index in [-0.39, 0.29) is 31.6 Å². The standard InChI is InChI=1S/C17H10N3.C5H8O2.Ir/c1-2-4-12(5-3-1)17-19-11-15-14-8-9-18-10-13(14)6-7-16(15)20-17;1-4(6)3-5(2)7;/h1-4,6-11H;3,6H,1-2H3;/q-1;;/b;4-3-;. The van der Waals surface area contributed by atoms with Crippen LogP contribution in [-0.2, 0) is 24.9 Å². The molecule has 28 heavy (non-hydrogen) atoms. The number of ketones is 1. The number of allylic oxidation sites excluding steroid dienone is 2. The van der Waals surface area contributed by atoms with Crippen LogP contribution in [0.5, 0.6) is 0 Å². The van der Waals surface area contributed by atoms with Gasteiger partial charge < -0.3 is 5.11 Å². The van der Waals surface area contributed by atoms with Crippen molar-refractivity contribution in [3.8, 4) is 11.4 Å². The molecule has 4 aromatic rings. The van der Waals surface area contributed by atoms with Crippen molar-refractivity contribution in [1.82, 2.24) is 15.0 Å². The van der Waals surface area contributed by atoms with Crippen LogP contribution in [0.2, 0.25) is 0 Å². The zero-order chi connectivity index (χ0) is 19.2. The predicted molar refractivity (Wildman–Crippen MR) is 106 cm³/mol. The molecule has 0 saturated carbocycles. The molecule has 0 bridgehead atoms. The molecule has 5 nitrogen and oxygen atoms in total. The molecule has 2 heterocycles. The van der Waals surface area contributed by atoms with E-state index in [1.54, 1.807) is 6.20 Å². The van der Waals surface area contributed by atoms with Crippen molar-refractivity contribution in [2.75, 3.05) is 0 Å². The molecule has 0 unspecified atom stereocenters. The molecule has 0 aliphatic rings. The SMILES string of the molecule is CC(=O)/C=C(/C)O.[Ir].[c-]1ccccc1-c1ncc2c(ccc3cnccc32)n1. The molecule has 0 fully saturated rings. The summed E-state index contributed by atoms with van der Waals surface area (Å²) in [5.74, 6) is 0.638. The Kier molecular flexibility index (Phi) is 7.50. The summed E-state index contributed by atoms with van der Waals surface area (Å²) in [6.07, 6.45) is 6.69. The maximum atomic E-state index is 10.0. The molecule has 0 aliphatic carbocycles. The van der Waals surface area contributed by atoms with Crippen molar-refractivity contribution < 1.29 is 30.0 Å². The molecule has 6 heteroatoms. The van der Waals surface area contributed by atoms with Gasteiger partial charge in [-0.25, -0.2) is 0 Å². The molecular weight excluding hydrogens is 530 g/mol. The summed E-state index contributed by atoms with van der Waals surface area (Å²) >= 11 is 0. The number of carbonyl (C=O) groups excluding carboxylic acids is 1. The maximum absolute atomic E-state index is 10.0. The second kappa shape index (κ2) is 9.83. The molecule has 0 saturated heterocycles. The number of aliphatic hydroxyl groups is 1. The number of aromatic nitrogens is 3. The maximum Gasteiger partial charge on any atom is 0.155 e. The van der Waals surface area contributed by atoms with Crippen molar-refractivity contribution in [1.29, 1.82) is 0 Å². The second-order valence-electron chi connectivity index (χ2n) is 5.96. The van der Waals surface area contributed by atoms with Gasteiger partial charge in [-0.2, -0.15) is 0 Å². The summed E-state index contributed by atoms with van der Waals surface area (Å²) in [4.78, 5) is 23.3. The van der Waals surface area contributed by atoms with E-state index in [4.69, 9.17) is 5.11 Å². The van der Waals surface area contributed by atoms with Gasteiger partial charge in [0.1, 0.15) is 0 Å². The Labute approximate surface area is 176 Å². The quantitative estimate of drug-likeness (QED) is 0.170. The first-order valence-electron chi connectivity index (χ1n) is 8.39. The van der Waals surface area contributed by atoms with Gasteiger partial charge in [-0.05, 0) is 31.4 Å². The summed E-state index contributed by atoms with van der Waals surface area (Å²) in [6, 6.07) is 16.9. The van der Waals surface area contributed by atoms with Crippen molar-refractivity contribution in [2.24, 2.45) is 0 Å². The Bertz CT molecular complexity index is 1120. The molecule has 1 N–H and O–H groups in total. The first kappa shape index (κ1) is 21.4. The van der Waals surface area contributed by atoms with Crippen LogP contribution in [0.15, 0.2) is 72.9 Å². The van der Waals surface area contributed by atoms with E-state index in [2.05, 4.69) is 21.0 Å². The predicted octanol–water partition coefficient (Wildman–Crippen LogP) is 4.68. The van der Waals surface area contributed by atoms with E-state index in [1.807, 2.05) is 54.9 Å². The zero-order valence-electron chi connectivity index (χ0n) is 15.4. The molecule has 2 aromatic carbocycles. The number of rotatable bonds is 2. The van der Waals surface area contributed by atoms with Gasteiger partial charge in [0.05, 0.1) is 17.1 Å². The van der Waals surface area contributed by atoms with Gasteiger partial charge in [-0.1, -0.05) is 6.07 Å². The summed E-state index contributed by atoms with van der Waals surface area (Å²) in [7, 11) is 0. The third-order valence-electron chi connectivity index (χ3n) is 3.74. The third-order valence-corrected chi connectivity index (χ3v) is 3.74. The van der Waals surface area contributed by atoms with E-state index in [9.17, 15) is 4.79 Å². The number of fused-ring (bicyclic) bond motifs is 3. The zero-order valence-corrected chi connectivity index (χ0v) is 17.8. The topological polar surface area (TPSA) is 76.0 Å². The Balaban J connectivity index is 0.000000306. The minimum absolute atomic E-state index is 0. The Morgan fingerprint density at radius 2 is 1.89 bits per heavy atom. The molecule has 2 aromatic heterocycles. The van der Waals surface area contributed by atoms with Gasteiger partial charge in [0.25, 0.3) is 0 Å². The first-order chi connectivity index (χ1) is 13.0. The van der Waals surface area contributed by atoms with Crippen molar-refractivity contribution >= 4 is 27.5 Å². The smallest absolute Gasteiger partial charge is 0.155 e. The van der Waals surface area contributed by atoms with Gasteiger partial charge >= 0.3 is 0 Å². The van der Waals surface area contributed by atoms with Gasteiger partial charge in [-0.3, -0.25) is 19.7 Å². The molecule has 0 atom stereocenters. The number of hydrogen-bond donors (Lipinski definition) is 1. The number of pyridine rings is 1. The fraction of sp³-hybridized carbons (Fsp3) is 0.0909. The van der Waals surface area contributed by atoms with Gasteiger partial charge in [0.2, 0.25) is 0 Å². The fourth-order valence-corrected chi connectivity index (χ4v) is 2.64. The van der Waals surface area contributed by atoms with Crippen LogP contribution in [0, 0.1) is 6.07 Å². The minimum atomic E-state index is -0.125.